The SMILES string of the molecule is COc1cc(F)c(/C=C/C(=O)/C=C(O)\C=C\c2cc(OC)c(OC)cc2F)cc1OC. The zero-order chi connectivity index (χ0) is 23.0. The normalized spacial score (nSPS) is 11.7. The van der Waals surface area contributed by atoms with Gasteiger partial charge in [0, 0.05) is 29.3 Å². The van der Waals surface area contributed by atoms with Crippen molar-refractivity contribution in [1.29, 1.82) is 0 Å². The molecule has 8 heteroatoms. The summed E-state index contributed by atoms with van der Waals surface area (Å²) in [5, 5.41) is 9.93. The number of hydrogen-bond acceptors (Lipinski definition) is 6. The predicted molar refractivity (Wildman–Crippen MR) is 113 cm³/mol. The molecule has 0 aliphatic rings. The summed E-state index contributed by atoms with van der Waals surface area (Å²) in [6.45, 7) is 0. The number of ether oxygens (including phenoxy) is 4. The maximum Gasteiger partial charge on any atom is 0.182 e. The van der Waals surface area contributed by atoms with Crippen LogP contribution >= 0.6 is 0 Å². The molecule has 0 aromatic heterocycles. The first-order valence-corrected chi connectivity index (χ1v) is 8.96. The summed E-state index contributed by atoms with van der Waals surface area (Å²) < 4.78 is 48.4. The number of carbonyl (C=O) groups excluding carboxylic acids is 1. The van der Waals surface area contributed by atoms with Crippen LogP contribution in [0, 0.1) is 11.6 Å². The van der Waals surface area contributed by atoms with Gasteiger partial charge in [0.05, 0.1) is 28.4 Å². The van der Waals surface area contributed by atoms with E-state index in [1.807, 2.05) is 0 Å². The lowest BCUT2D eigenvalue weighted by molar-refractivity contribution is -0.110. The highest BCUT2D eigenvalue weighted by molar-refractivity contribution is 6.02. The van der Waals surface area contributed by atoms with Crippen molar-refractivity contribution in [2.24, 2.45) is 0 Å². The molecule has 31 heavy (non-hydrogen) atoms. The highest BCUT2D eigenvalue weighted by atomic mass is 19.1. The third kappa shape index (κ3) is 6.08. The van der Waals surface area contributed by atoms with Crippen LogP contribution in [-0.2, 0) is 4.79 Å². The van der Waals surface area contributed by atoms with Crippen molar-refractivity contribution in [1.82, 2.24) is 0 Å². The molecule has 1 N–H and O–H groups in total. The molecule has 0 unspecified atom stereocenters. The molecule has 2 aromatic carbocycles. The number of rotatable bonds is 9. The Morgan fingerprint density at radius 1 is 0.742 bits per heavy atom. The smallest absolute Gasteiger partial charge is 0.182 e. The average molecular weight is 432 g/mol. The second-order valence-corrected chi connectivity index (χ2v) is 6.10. The van der Waals surface area contributed by atoms with Crippen LogP contribution in [0.15, 0.2) is 48.3 Å². The summed E-state index contributed by atoms with van der Waals surface area (Å²) in [5.41, 5.74) is 0.217. The average Bonchev–Trinajstić information content (AvgIpc) is 2.76. The second kappa shape index (κ2) is 10.8. The molecule has 164 valence electrons. The molecule has 0 saturated heterocycles. The maximum atomic E-state index is 14.1. The van der Waals surface area contributed by atoms with Gasteiger partial charge in [0.2, 0.25) is 0 Å². The van der Waals surface area contributed by atoms with E-state index in [4.69, 9.17) is 18.9 Å². The summed E-state index contributed by atoms with van der Waals surface area (Å²) >= 11 is 0. The highest BCUT2D eigenvalue weighted by Gasteiger charge is 2.10. The van der Waals surface area contributed by atoms with Crippen LogP contribution in [0.5, 0.6) is 23.0 Å². The lowest BCUT2D eigenvalue weighted by Crippen LogP contribution is -1.94. The van der Waals surface area contributed by atoms with Gasteiger partial charge in [-0.15, -0.1) is 0 Å². The van der Waals surface area contributed by atoms with E-state index in [0.29, 0.717) is 11.5 Å². The molecule has 0 bridgehead atoms. The molecule has 0 aliphatic carbocycles. The highest BCUT2D eigenvalue weighted by Crippen LogP contribution is 2.31. The fourth-order valence-electron chi connectivity index (χ4n) is 2.58. The molecule has 0 amide bonds. The molecule has 0 spiro atoms. The number of carbonyl (C=O) groups is 1. The number of ketones is 1. The van der Waals surface area contributed by atoms with Crippen LogP contribution in [-0.4, -0.2) is 39.3 Å². The van der Waals surface area contributed by atoms with E-state index in [0.717, 1.165) is 30.4 Å². The Labute approximate surface area is 178 Å². The van der Waals surface area contributed by atoms with Gasteiger partial charge >= 0.3 is 0 Å². The quantitative estimate of drug-likeness (QED) is 0.351. The lowest BCUT2D eigenvalue weighted by Gasteiger charge is -2.09. The first-order valence-electron chi connectivity index (χ1n) is 8.96. The summed E-state index contributed by atoms with van der Waals surface area (Å²) in [6, 6.07) is 5.04. The van der Waals surface area contributed by atoms with Crippen LogP contribution in [0.3, 0.4) is 0 Å². The zero-order valence-corrected chi connectivity index (χ0v) is 17.4. The molecule has 0 aliphatic heterocycles. The summed E-state index contributed by atoms with van der Waals surface area (Å²) in [7, 11) is 5.58. The van der Waals surface area contributed by atoms with Gasteiger partial charge in [-0.25, -0.2) is 8.78 Å². The summed E-state index contributed by atoms with van der Waals surface area (Å²) in [6.07, 6.45) is 5.64. The Morgan fingerprint density at radius 3 is 1.55 bits per heavy atom. The van der Waals surface area contributed by atoms with E-state index in [1.54, 1.807) is 0 Å². The molecule has 0 radical (unpaired) electrons. The van der Waals surface area contributed by atoms with E-state index in [2.05, 4.69) is 0 Å². The number of halogens is 2. The van der Waals surface area contributed by atoms with Crippen LogP contribution in [0.2, 0.25) is 0 Å². The number of methoxy groups -OCH3 is 4. The van der Waals surface area contributed by atoms with Crippen molar-refractivity contribution < 1.29 is 37.6 Å². The monoisotopic (exact) mass is 432 g/mol. The van der Waals surface area contributed by atoms with Crippen LogP contribution in [0.1, 0.15) is 11.1 Å². The van der Waals surface area contributed by atoms with E-state index in [-0.39, 0.29) is 22.6 Å². The van der Waals surface area contributed by atoms with Gasteiger partial charge in [-0.2, -0.15) is 0 Å². The summed E-state index contributed by atoms with van der Waals surface area (Å²) in [5.74, 6) is -1.19. The van der Waals surface area contributed by atoms with Crippen molar-refractivity contribution in [3.05, 3.63) is 71.0 Å². The number of aliphatic hydroxyl groups excluding tert-OH is 1. The molecule has 0 saturated carbocycles. The molecule has 0 fully saturated rings. The third-order valence-electron chi connectivity index (χ3n) is 4.16. The standard InChI is InChI=1S/C23H22F2O6/c1-28-20-9-14(18(24)12-22(20)30-3)5-7-16(26)11-17(27)8-6-15-10-21(29-2)23(31-4)13-19(15)25/h5-13,26H,1-4H3/b7-5+,8-6+,16-11+. The van der Waals surface area contributed by atoms with Crippen molar-refractivity contribution in [2.75, 3.05) is 28.4 Å². The Balaban J connectivity index is 2.17. The molecule has 2 aromatic rings. The van der Waals surface area contributed by atoms with Crippen LogP contribution in [0.4, 0.5) is 8.78 Å². The van der Waals surface area contributed by atoms with Crippen molar-refractivity contribution in [3.8, 4) is 23.0 Å². The largest absolute Gasteiger partial charge is 0.508 e. The first kappa shape index (κ1) is 23.5. The summed E-state index contributed by atoms with van der Waals surface area (Å²) in [4.78, 5) is 12.0. The van der Waals surface area contributed by atoms with E-state index in [1.165, 1.54) is 52.7 Å². The Hall–Kier alpha value is -3.81. The molecule has 0 atom stereocenters. The van der Waals surface area contributed by atoms with Crippen LogP contribution < -0.4 is 18.9 Å². The molecule has 0 heterocycles. The van der Waals surface area contributed by atoms with E-state index < -0.39 is 23.2 Å². The minimum Gasteiger partial charge on any atom is -0.508 e. The third-order valence-corrected chi connectivity index (χ3v) is 4.16. The van der Waals surface area contributed by atoms with Crippen molar-refractivity contribution in [3.63, 3.8) is 0 Å². The Morgan fingerprint density at radius 2 is 1.13 bits per heavy atom. The molecular formula is C23H22F2O6. The second-order valence-electron chi connectivity index (χ2n) is 6.10. The molecule has 6 nitrogen and oxygen atoms in total. The molecular weight excluding hydrogens is 410 g/mol. The zero-order valence-electron chi connectivity index (χ0n) is 17.4. The Bertz CT molecular complexity index is 1040. The molecule has 2 rings (SSSR count). The van der Waals surface area contributed by atoms with Crippen molar-refractivity contribution >= 4 is 17.9 Å². The first-order chi connectivity index (χ1) is 14.8. The predicted octanol–water partition coefficient (Wildman–Crippen LogP) is 4.74. The van der Waals surface area contributed by atoms with E-state index in [9.17, 15) is 18.7 Å². The number of benzene rings is 2. The number of aliphatic hydroxyl groups is 1. The van der Waals surface area contributed by atoms with Gasteiger partial charge < -0.3 is 24.1 Å². The Kier molecular flexibility index (Phi) is 8.19. The topological polar surface area (TPSA) is 74.2 Å². The van der Waals surface area contributed by atoms with Gasteiger partial charge in [-0.3, -0.25) is 4.79 Å². The van der Waals surface area contributed by atoms with E-state index >= 15 is 0 Å². The van der Waals surface area contributed by atoms with Gasteiger partial charge in [0.1, 0.15) is 17.4 Å². The minimum absolute atomic E-state index is 0.0989. The maximum absolute atomic E-state index is 14.1. The number of hydrogen-bond donors (Lipinski definition) is 1. The fourth-order valence-corrected chi connectivity index (χ4v) is 2.58. The van der Waals surface area contributed by atoms with Crippen molar-refractivity contribution in [2.45, 2.75) is 0 Å². The van der Waals surface area contributed by atoms with Gasteiger partial charge in [-0.1, -0.05) is 0 Å². The van der Waals surface area contributed by atoms with Gasteiger partial charge in [0.25, 0.3) is 0 Å². The van der Waals surface area contributed by atoms with Gasteiger partial charge in [0.15, 0.2) is 28.8 Å². The number of allylic oxidation sites excluding steroid dienone is 3. The fraction of sp³-hybridized carbons (Fsp3) is 0.174. The van der Waals surface area contributed by atoms with Crippen LogP contribution in [0.25, 0.3) is 12.2 Å². The lowest BCUT2D eigenvalue weighted by atomic mass is 10.1. The van der Waals surface area contributed by atoms with Gasteiger partial charge in [-0.05, 0) is 36.4 Å². The minimum atomic E-state index is -0.612.